The first-order valence-electron chi connectivity index (χ1n) is 6.17. The van der Waals surface area contributed by atoms with Crippen LogP contribution in [0.25, 0.3) is 5.65 Å². The van der Waals surface area contributed by atoms with Gasteiger partial charge in [-0.25, -0.2) is 9.78 Å². The van der Waals surface area contributed by atoms with Crippen LogP contribution in [-0.4, -0.2) is 44.4 Å². The van der Waals surface area contributed by atoms with Crippen LogP contribution in [-0.2, 0) is 11.0 Å². The molecule has 0 aliphatic rings. The average Bonchev–Trinajstić information content (AvgIpc) is 2.87. The number of hydrogen-bond donors (Lipinski definition) is 1. The van der Waals surface area contributed by atoms with E-state index in [9.17, 15) is 22.8 Å². The molecule has 0 aliphatic carbocycles. The summed E-state index contributed by atoms with van der Waals surface area (Å²) in [5, 5.41) is 8.88. The molecule has 0 saturated carbocycles. The molecule has 1 N–H and O–H groups in total. The Morgan fingerprint density at radius 1 is 1.32 bits per heavy atom. The quantitative estimate of drug-likeness (QED) is 0.938. The van der Waals surface area contributed by atoms with Crippen LogP contribution in [0.1, 0.15) is 23.0 Å². The van der Waals surface area contributed by atoms with Crippen molar-refractivity contribution >= 4 is 17.5 Å². The SMILES string of the molecule is CC(C(=O)O)N(C)C(=O)c1ccc2nc(C(F)(F)F)cn2c1. The molecule has 0 radical (unpaired) electrons. The summed E-state index contributed by atoms with van der Waals surface area (Å²) in [6.45, 7) is 1.33. The fourth-order valence-corrected chi connectivity index (χ4v) is 1.80. The Bertz CT molecular complexity index is 739. The Morgan fingerprint density at radius 2 is 1.95 bits per heavy atom. The fraction of sp³-hybridized carbons (Fsp3) is 0.308. The predicted molar refractivity (Wildman–Crippen MR) is 69.4 cm³/mol. The van der Waals surface area contributed by atoms with E-state index in [1.54, 1.807) is 0 Å². The summed E-state index contributed by atoms with van der Waals surface area (Å²) in [6.07, 6.45) is -2.62. The van der Waals surface area contributed by atoms with Gasteiger partial charge in [0.05, 0.1) is 5.56 Å². The number of alkyl halides is 3. The van der Waals surface area contributed by atoms with Crippen LogP contribution in [0.4, 0.5) is 13.2 Å². The molecule has 0 fully saturated rings. The molecule has 6 nitrogen and oxygen atoms in total. The number of aromatic nitrogens is 2. The number of fused-ring (bicyclic) bond motifs is 1. The molecule has 2 rings (SSSR count). The number of amides is 1. The summed E-state index contributed by atoms with van der Waals surface area (Å²) < 4.78 is 38.9. The highest BCUT2D eigenvalue weighted by Gasteiger charge is 2.34. The summed E-state index contributed by atoms with van der Waals surface area (Å²) in [7, 11) is 1.31. The molecule has 118 valence electrons. The number of rotatable bonds is 3. The Morgan fingerprint density at radius 3 is 2.50 bits per heavy atom. The lowest BCUT2D eigenvalue weighted by Crippen LogP contribution is -2.40. The number of carboxylic acids is 1. The highest BCUT2D eigenvalue weighted by atomic mass is 19.4. The number of imidazole rings is 1. The van der Waals surface area contributed by atoms with Gasteiger partial charge in [0.15, 0.2) is 5.69 Å². The number of carbonyl (C=O) groups is 2. The molecule has 0 aromatic carbocycles. The van der Waals surface area contributed by atoms with Crippen molar-refractivity contribution in [2.75, 3.05) is 7.05 Å². The number of aliphatic carboxylic acids is 1. The van der Waals surface area contributed by atoms with Crippen molar-refractivity contribution in [3.8, 4) is 0 Å². The summed E-state index contributed by atoms with van der Waals surface area (Å²) in [4.78, 5) is 27.4. The second kappa shape index (κ2) is 5.32. The van der Waals surface area contributed by atoms with E-state index in [2.05, 4.69) is 4.98 Å². The van der Waals surface area contributed by atoms with Gasteiger partial charge in [0.2, 0.25) is 0 Å². The fourth-order valence-electron chi connectivity index (χ4n) is 1.80. The molecule has 9 heteroatoms. The van der Waals surface area contributed by atoms with Gasteiger partial charge in [-0.15, -0.1) is 0 Å². The van der Waals surface area contributed by atoms with Gasteiger partial charge in [-0.1, -0.05) is 0 Å². The molecule has 2 heterocycles. The molecule has 0 spiro atoms. The number of hydrogen-bond acceptors (Lipinski definition) is 3. The first kappa shape index (κ1) is 15.8. The minimum atomic E-state index is -4.58. The third-order valence-corrected chi connectivity index (χ3v) is 3.25. The molecule has 0 saturated heterocycles. The molecule has 2 aromatic rings. The van der Waals surface area contributed by atoms with Crippen molar-refractivity contribution in [2.24, 2.45) is 0 Å². The first-order chi connectivity index (χ1) is 10.1. The van der Waals surface area contributed by atoms with E-state index < -0.39 is 29.8 Å². The second-order valence-electron chi connectivity index (χ2n) is 4.74. The van der Waals surface area contributed by atoms with Crippen LogP contribution >= 0.6 is 0 Å². The minimum absolute atomic E-state index is 0.0396. The summed E-state index contributed by atoms with van der Waals surface area (Å²) in [5.41, 5.74) is -0.962. The molecule has 1 amide bonds. The van der Waals surface area contributed by atoms with Gasteiger partial charge in [-0.2, -0.15) is 13.2 Å². The maximum absolute atomic E-state index is 12.6. The van der Waals surface area contributed by atoms with Crippen LogP contribution in [0.5, 0.6) is 0 Å². The largest absolute Gasteiger partial charge is 0.480 e. The van der Waals surface area contributed by atoms with Crippen molar-refractivity contribution in [2.45, 2.75) is 19.1 Å². The van der Waals surface area contributed by atoms with Gasteiger partial charge in [-0.3, -0.25) is 4.79 Å². The smallest absolute Gasteiger partial charge is 0.434 e. The van der Waals surface area contributed by atoms with Crippen molar-refractivity contribution in [3.63, 3.8) is 0 Å². The Balaban J connectivity index is 2.37. The Hall–Kier alpha value is -2.58. The lowest BCUT2D eigenvalue weighted by molar-refractivity contribution is -0.141. The zero-order valence-electron chi connectivity index (χ0n) is 11.6. The van der Waals surface area contributed by atoms with Crippen molar-refractivity contribution in [1.82, 2.24) is 14.3 Å². The third-order valence-electron chi connectivity index (χ3n) is 3.25. The van der Waals surface area contributed by atoms with E-state index >= 15 is 0 Å². The van der Waals surface area contributed by atoms with Crippen molar-refractivity contribution in [3.05, 3.63) is 35.8 Å². The van der Waals surface area contributed by atoms with Crippen LogP contribution in [0.3, 0.4) is 0 Å². The number of nitrogens with zero attached hydrogens (tertiary/aromatic N) is 3. The molecule has 22 heavy (non-hydrogen) atoms. The Kier molecular flexibility index (Phi) is 3.82. The normalized spacial score (nSPS) is 13.1. The lowest BCUT2D eigenvalue weighted by Gasteiger charge is -2.21. The summed E-state index contributed by atoms with van der Waals surface area (Å²) in [6, 6.07) is 1.51. The van der Waals surface area contributed by atoms with E-state index in [-0.39, 0.29) is 11.2 Å². The van der Waals surface area contributed by atoms with Gasteiger partial charge >= 0.3 is 12.1 Å². The number of carbonyl (C=O) groups excluding carboxylic acids is 1. The van der Waals surface area contributed by atoms with Crippen LogP contribution in [0, 0.1) is 0 Å². The average molecular weight is 315 g/mol. The van der Waals surface area contributed by atoms with Crippen molar-refractivity contribution in [1.29, 1.82) is 0 Å². The van der Waals surface area contributed by atoms with Crippen LogP contribution in [0.15, 0.2) is 24.5 Å². The van der Waals surface area contributed by atoms with E-state index in [1.807, 2.05) is 0 Å². The molecular weight excluding hydrogens is 303 g/mol. The zero-order valence-corrected chi connectivity index (χ0v) is 11.6. The van der Waals surface area contributed by atoms with Gasteiger partial charge in [0.1, 0.15) is 11.7 Å². The molecule has 1 atom stereocenters. The predicted octanol–water partition coefficient (Wildman–Crippen LogP) is 1.90. The number of carboxylic acid groups (broad SMARTS) is 1. The Labute approximate surface area is 122 Å². The van der Waals surface area contributed by atoms with Gasteiger partial charge in [0, 0.05) is 19.4 Å². The molecule has 0 aliphatic heterocycles. The molecular formula is C13H12F3N3O3. The van der Waals surface area contributed by atoms with Crippen LogP contribution < -0.4 is 0 Å². The molecule has 0 bridgehead atoms. The maximum atomic E-state index is 12.6. The second-order valence-corrected chi connectivity index (χ2v) is 4.74. The highest BCUT2D eigenvalue weighted by molar-refractivity contribution is 5.96. The first-order valence-corrected chi connectivity index (χ1v) is 6.17. The number of likely N-dealkylation sites (N-methyl/N-ethyl adjacent to an activating group) is 1. The van der Waals surface area contributed by atoms with Gasteiger partial charge in [0.25, 0.3) is 5.91 Å². The number of pyridine rings is 1. The zero-order chi connectivity index (χ0) is 16.7. The lowest BCUT2D eigenvalue weighted by atomic mass is 10.2. The minimum Gasteiger partial charge on any atom is -0.480 e. The van der Waals surface area contributed by atoms with E-state index in [4.69, 9.17) is 5.11 Å². The molecule has 2 aromatic heterocycles. The van der Waals surface area contributed by atoms with E-state index in [0.717, 1.165) is 15.5 Å². The number of halogens is 3. The summed E-state index contributed by atoms with van der Waals surface area (Å²) in [5.74, 6) is -1.79. The summed E-state index contributed by atoms with van der Waals surface area (Å²) >= 11 is 0. The van der Waals surface area contributed by atoms with Gasteiger partial charge < -0.3 is 14.4 Å². The highest BCUT2D eigenvalue weighted by Crippen LogP contribution is 2.28. The standard InChI is InChI=1S/C13H12F3N3O3/c1-7(12(21)22)18(2)11(20)8-3-4-10-17-9(13(14,15)16)6-19(10)5-8/h3-7H,1-2H3,(H,21,22). The van der Waals surface area contributed by atoms with Crippen molar-refractivity contribution < 1.29 is 27.9 Å². The third kappa shape index (κ3) is 2.87. The van der Waals surface area contributed by atoms with Gasteiger partial charge in [-0.05, 0) is 19.1 Å². The monoisotopic (exact) mass is 315 g/mol. The van der Waals surface area contributed by atoms with Crippen LogP contribution in [0.2, 0.25) is 0 Å². The van der Waals surface area contributed by atoms with E-state index in [1.165, 1.54) is 32.3 Å². The van der Waals surface area contributed by atoms with E-state index in [0.29, 0.717) is 0 Å². The molecule has 1 unspecified atom stereocenters. The maximum Gasteiger partial charge on any atom is 0.434 e. The topological polar surface area (TPSA) is 74.9 Å².